The topological polar surface area (TPSA) is 25.8 Å². The van der Waals surface area contributed by atoms with Crippen molar-refractivity contribution in [2.24, 2.45) is 0 Å². The van der Waals surface area contributed by atoms with E-state index in [1.54, 1.807) is 23.6 Å². The van der Waals surface area contributed by atoms with E-state index < -0.39 is 0 Å². The molecule has 0 saturated carbocycles. The smallest absolute Gasteiger partial charge is 0.144 e. The van der Waals surface area contributed by atoms with E-state index in [4.69, 9.17) is 23.2 Å². The first kappa shape index (κ1) is 15.0. The van der Waals surface area contributed by atoms with Crippen LogP contribution in [0.1, 0.15) is 4.88 Å². The summed E-state index contributed by atoms with van der Waals surface area (Å²) in [7, 11) is 0. The van der Waals surface area contributed by atoms with Crippen molar-refractivity contribution in [3.05, 3.63) is 55.9 Å². The van der Waals surface area contributed by atoms with Crippen LogP contribution in [0.2, 0.25) is 10.0 Å². The van der Waals surface area contributed by atoms with Crippen molar-refractivity contribution in [1.82, 2.24) is 9.97 Å². The van der Waals surface area contributed by atoms with Gasteiger partial charge < -0.3 is 0 Å². The van der Waals surface area contributed by atoms with Gasteiger partial charge in [-0.1, -0.05) is 51.3 Å². The monoisotopic (exact) mass is 398 g/mol. The van der Waals surface area contributed by atoms with Crippen LogP contribution in [0.4, 0.5) is 0 Å². The largest absolute Gasteiger partial charge is 0.251 e. The summed E-state index contributed by atoms with van der Waals surface area (Å²) >= 11 is 17.1. The molecule has 0 N–H and O–H groups in total. The summed E-state index contributed by atoms with van der Waals surface area (Å²) in [6.45, 7) is 2.04. The minimum atomic E-state index is 0.513. The Labute approximate surface area is 144 Å². The van der Waals surface area contributed by atoms with E-state index in [0.717, 1.165) is 25.6 Å². The van der Waals surface area contributed by atoms with Crippen molar-refractivity contribution in [2.75, 3.05) is 0 Å². The molecule has 0 unspecified atom stereocenters. The second-order valence-electron chi connectivity index (χ2n) is 4.41. The molecule has 2 nitrogen and oxygen atoms in total. The SMILES string of the molecule is Cc1sc(-c2ncc(Cl)cc2Cl)nc1-c1ccc(Br)cc1. The van der Waals surface area contributed by atoms with E-state index in [2.05, 4.69) is 25.9 Å². The van der Waals surface area contributed by atoms with Crippen LogP contribution in [0.5, 0.6) is 0 Å². The van der Waals surface area contributed by atoms with E-state index >= 15 is 0 Å². The van der Waals surface area contributed by atoms with Crippen LogP contribution in [0.25, 0.3) is 22.0 Å². The molecule has 0 fully saturated rings. The number of benzene rings is 1. The maximum Gasteiger partial charge on any atom is 0.144 e. The van der Waals surface area contributed by atoms with E-state index in [0.29, 0.717) is 15.7 Å². The van der Waals surface area contributed by atoms with Crippen molar-refractivity contribution in [3.8, 4) is 22.0 Å². The Bertz CT molecular complexity index is 800. The number of nitrogens with zero attached hydrogens (tertiary/aromatic N) is 2. The maximum atomic E-state index is 6.21. The number of hydrogen-bond acceptors (Lipinski definition) is 3. The molecule has 0 radical (unpaired) electrons. The zero-order chi connectivity index (χ0) is 15.0. The van der Waals surface area contributed by atoms with Crippen LogP contribution >= 0.6 is 50.5 Å². The highest BCUT2D eigenvalue weighted by Crippen LogP contribution is 2.36. The van der Waals surface area contributed by atoms with Gasteiger partial charge in [0.15, 0.2) is 0 Å². The number of rotatable bonds is 2. The van der Waals surface area contributed by atoms with E-state index in [-0.39, 0.29) is 0 Å². The highest BCUT2D eigenvalue weighted by Gasteiger charge is 2.15. The highest BCUT2D eigenvalue weighted by atomic mass is 79.9. The molecule has 0 spiro atoms. The number of thiazole rings is 1. The Hall–Kier alpha value is -0.940. The minimum absolute atomic E-state index is 0.513. The van der Waals surface area contributed by atoms with Crippen LogP contribution in [-0.2, 0) is 0 Å². The lowest BCUT2D eigenvalue weighted by Gasteiger charge is -2.00. The van der Waals surface area contributed by atoms with Crippen LogP contribution in [0, 0.1) is 6.92 Å². The average Bonchev–Trinajstić information content (AvgIpc) is 2.81. The molecular formula is C15H9BrCl2N2S. The van der Waals surface area contributed by atoms with Crippen LogP contribution in [0.3, 0.4) is 0 Å². The Morgan fingerprint density at radius 1 is 1.10 bits per heavy atom. The third kappa shape index (κ3) is 3.14. The van der Waals surface area contributed by atoms with Crippen LogP contribution in [-0.4, -0.2) is 9.97 Å². The zero-order valence-corrected chi connectivity index (χ0v) is 14.8. The first-order valence-corrected chi connectivity index (χ1v) is 8.46. The van der Waals surface area contributed by atoms with Gasteiger partial charge in [0.1, 0.15) is 10.7 Å². The minimum Gasteiger partial charge on any atom is -0.251 e. The molecule has 21 heavy (non-hydrogen) atoms. The van der Waals surface area contributed by atoms with Crippen molar-refractivity contribution < 1.29 is 0 Å². The summed E-state index contributed by atoms with van der Waals surface area (Å²) < 4.78 is 1.04. The lowest BCUT2D eigenvalue weighted by Crippen LogP contribution is -1.85. The van der Waals surface area contributed by atoms with Crippen LogP contribution in [0.15, 0.2) is 41.0 Å². The first-order chi connectivity index (χ1) is 10.0. The lowest BCUT2D eigenvalue weighted by atomic mass is 10.1. The molecule has 0 bridgehead atoms. The Morgan fingerprint density at radius 2 is 1.81 bits per heavy atom. The number of pyridine rings is 1. The molecule has 2 heterocycles. The third-order valence-electron chi connectivity index (χ3n) is 2.92. The third-order valence-corrected chi connectivity index (χ3v) is 4.93. The Morgan fingerprint density at radius 3 is 2.48 bits per heavy atom. The standard InChI is InChI=1S/C15H9BrCl2N2S/c1-8-13(9-2-4-10(16)5-3-9)20-15(21-8)14-12(18)6-11(17)7-19-14/h2-7H,1H3. The van der Waals surface area contributed by atoms with Gasteiger partial charge in [0.25, 0.3) is 0 Å². The van der Waals surface area contributed by atoms with E-state index in [9.17, 15) is 0 Å². The normalized spacial score (nSPS) is 10.9. The predicted molar refractivity (Wildman–Crippen MR) is 93.2 cm³/mol. The van der Waals surface area contributed by atoms with Gasteiger partial charge in [-0.05, 0) is 25.1 Å². The lowest BCUT2D eigenvalue weighted by molar-refractivity contribution is 1.29. The van der Waals surface area contributed by atoms with Gasteiger partial charge in [0.2, 0.25) is 0 Å². The predicted octanol–water partition coefficient (Wildman–Crippen LogP) is 6.25. The molecule has 2 aromatic heterocycles. The molecule has 3 rings (SSSR count). The van der Waals surface area contributed by atoms with Gasteiger partial charge in [-0.15, -0.1) is 11.3 Å². The van der Waals surface area contributed by atoms with Crippen molar-refractivity contribution in [3.63, 3.8) is 0 Å². The van der Waals surface area contributed by atoms with Gasteiger partial charge >= 0.3 is 0 Å². The van der Waals surface area contributed by atoms with Crippen LogP contribution < -0.4 is 0 Å². The Balaban J connectivity index is 2.07. The number of halogens is 3. The van der Waals surface area contributed by atoms with Gasteiger partial charge in [0, 0.05) is 21.1 Å². The number of aromatic nitrogens is 2. The fourth-order valence-electron chi connectivity index (χ4n) is 1.95. The van der Waals surface area contributed by atoms with Gasteiger partial charge in [-0.2, -0.15) is 0 Å². The first-order valence-electron chi connectivity index (χ1n) is 6.09. The van der Waals surface area contributed by atoms with Gasteiger partial charge in [0.05, 0.1) is 15.7 Å². The zero-order valence-electron chi connectivity index (χ0n) is 10.9. The molecule has 0 amide bonds. The molecule has 0 saturated heterocycles. The van der Waals surface area contributed by atoms with Crippen molar-refractivity contribution in [2.45, 2.75) is 6.92 Å². The summed E-state index contributed by atoms with van der Waals surface area (Å²) in [5, 5.41) is 1.83. The molecule has 0 aliphatic rings. The highest BCUT2D eigenvalue weighted by molar-refractivity contribution is 9.10. The quantitative estimate of drug-likeness (QED) is 0.508. The molecule has 6 heteroatoms. The molecule has 1 aromatic carbocycles. The van der Waals surface area contributed by atoms with Gasteiger partial charge in [-0.3, -0.25) is 4.98 Å². The Kier molecular flexibility index (Phi) is 4.31. The summed E-state index contributed by atoms with van der Waals surface area (Å²) in [5.74, 6) is 0. The fraction of sp³-hybridized carbons (Fsp3) is 0.0667. The van der Waals surface area contributed by atoms with Crippen molar-refractivity contribution >= 4 is 50.5 Å². The summed E-state index contributed by atoms with van der Waals surface area (Å²) in [6.07, 6.45) is 1.58. The number of aryl methyl sites for hydroxylation is 1. The second-order valence-corrected chi connectivity index (χ2v) is 7.38. The number of hydrogen-bond donors (Lipinski definition) is 0. The maximum absolute atomic E-state index is 6.21. The van der Waals surface area contributed by atoms with Crippen molar-refractivity contribution in [1.29, 1.82) is 0 Å². The average molecular weight is 400 g/mol. The fourth-order valence-corrected chi connectivity index (χ4v) is 3.68. The summed E-state index contributed by atoms with van der Waals surface area (Å²) in [6, 6.07) is 9.75. The molecule has 106 valence electrons. The van der Waals surface area contributed by atoms with Gasteiger partial charge in [-0.25, -0.2) is 4.98 Å². The van der Waals surface area contributed by atoms with E-state index in [1.807, 2.05) is 31.2 Å². The molecular weight excluding hydrogens is 391 g/mol. The molecule has 0 aliphatic heterocycles. The molecule has 3 aromatic rings. The summed E-state index contributed by atoms with van der Waals surface area (Å²) in [4.78, 5) is 10.1. The summed E-state index contributed by atoms with van der Waals surface area (Å²) in [5.41, 5.74) is 2.69. The second kappa shape index (κ2) is 6.05. The molecule has 0 atom stereocenters. The molecule has 0 aliphatic carbocycles. The van der Waals surface area contributed by atoms with E-state index in [1.165, 1.54) is 0 Å².